The van der Waals surface area contributed by atoms with Crippen LogP contribution in [-0.2, 0) is 5.31 Å². The van der Waals surface area contributed by atoms with Gasteiger partial charge >= 0.3 is 0 Å². The maximum absolute atomic E-state index is 6.59. The van der Waals surface area contributed by atoms with E-state index in [9.17, 15) is 0 Å². The molecule has 0 atom stereocenters. The lowest BCUT2D eigenvalue weighted by molar-refractivity contribution is 0.424. The van der Waals surface area contributed by atoms with Crippen LogP contribution in [0.3, 0.4) is 0 Å². The van der Waals surface area contributed by atoms with Crippen LogP contribution in [0.1, 0.15) is 68.6 Å². The van der Waals surface area contributed by atoms with Crippen LogP contribution >= 0.6 is 11.5 Å². The molecule has 0 spiro atoms. The Bertz CT molecular complexity index is 341. The van der Waals surface area contributed by atoms with Crippen molar-refractivity contribution in [2.75, 3.05) is 0 Å². The molecule has 4 heteroatoms. The molecule has 17 heavy (non-hydrogen) atoms. The van der Waals surface area contributed by atoms with Crippen LogP contribution in [0.5, 0.6) is 0 Å². The average Bonchev–Trinajstić information content (AvgIpc) is 2.75. The number of nitrogens with zero attached hydrogens (tertiary/aromatic N) is 2. The Kier molecular flexibility index (Phi) is 4.60. The van der Waals surface area contributed by atoms with Gasteiger partial charge in [-0.2, -0.15) is 4.37 Å². The molecule has 0 aromatic carbocycles. The Morgan fingerprint density at radius 1 is 1.00 bits per heavy atom. The summed E-state index contributed by atoms with van der Waals surface area (Å²) in [5, 5.41) is 0.846. The first kappa shape index (κ1) is 13.1. The highest BCUT2D eigenvalue weighted by molar-refractivity contribution is 7.05. The van der Waals surface area contributed by atoms with Gasteiger partial charge in [0.25, 0.3) is 0 Å². The molecule has 92 valence electrons. The fourth-order valence-electron chi connectivity index (χ4n) is 2.60. The highest BCUT2D eigenvalue weighted by Crippen LogP contribution is 2.34. The van der Waals surface area contributed by atoms with Gasteiger partial charge in [-0.05, 0) is 36.6 Å². The molecule has 0 N–H and O–H groups in total. The van der Waals surface area contributed by atoms with Crippen LogP contribution in [-0.4, -0.2) is 17.2 Å². The molecule has 0 amide bonds. The first-order valence-electron chi connectivity index (χ1n) is 6.80. The fraction of sp³-hybridized carbons (Fsp3) is 0.846. The highest BCUT2D eigenvalue weighted by atomic mass is 32.1. The van der Waals surface area contributed by atoms with Crippen LogP contribution in [0.15, 0.2) is 0 Å². The summed E-state index contributed by atoms with van der Waals surface area (Å²) < 4.78 is 4.28. The third-order valence-corrected chi connectivity index (χ3v) is 4.73. The van der Waals surface area contributed by atoms with E-state index in [4.69, 9.17) is 7.85 Å². The molecule has 2 nitrogen and oxygen atoms in total. The lowest BCUT2D eigenvalue weighted by Gasteiger charge is -2.28. The van der Waals surface area contributed by atoms with Gasteiger partial charge in [-0.1, -0.05) is 44.9 Å². The third kappa shape index (κ3) is 3.54. The van der Waals surface area contributed by atoms with Crippen molar-refractivity contribution in [2.45, 2.75) is 70.0 Å². The maximum atomic E-state index is 6.59. The number of rotatable bonds is 1. The van der Waals surface area contributed by atoms with E-state index in [-0.39, 0.29) is 5.31 Å². The molecule has 1 heterocycles. The van der Waals surface area contributed by atoms with Crippen LogP contribution in [0.2, 0.25) is 0 Å². The molecule has 0 unspecified atom stereocenters. The van der Waals surface area contributed by atoms with Crippen molar-refractivity contribution >= 4 is 19.4 Å². The zero-order valence-electron chi connectivity index (χ0n) is 10.7. The van der Waals surface area contributed by atoms with Gasteiger partial charge in [0.15, 0.2) is 0 Å². The summed E-state index contributed by atoms with van der Waals surface area (Å²) in [6.07, 6.45) is 11.4. The number of hydrogen-bond donors (Lipinski definition) is 0. The third-order valence-electron chi connectivity index (χ3n) is 3.70. The van der Waals surface area contributed by atoms with Gasteiger partial charge in [0.05, 0.1) is 7.85 Å². The second-order valence-electron chi connectivity index (χ2n) is 5.28. The Morgan fingerprint density at radius 3 is 2.00 bits per heavy atom. The Morgan fingerprint density at radius 2 is 1.53 bits per heavy atom. The molecule has 1 aromatic rings. The summed E-state index contributed by atoms with van der Waals surface area (Å²) in [6, 6.07) is 0. The van der Waals surface area contributed by atoms with E-state index in [1.54, 1.807) is 0 Å². The van der Waals surface area contributed by atoms with Gasteiger partial charge in [-0.15, -0.1) is 0 Å². The van der Waals surface area contributed by atoms with E-state index in [0.717, 1.165) is 23.7 Å². The van der Waals surface area contributed by atoms with Crippen molar-refractivity contribution in [3.8, 4) is 0 Å². The maximum Gasteiger partial charge on any atom is 0.139 e. The summed E-state index contributed by atoms with van der Waals surface area (Å²) in [5.41, 5.74) is 0. The quantitative estimate of drug-likeness (QED) is 0.707. The molecule has 2 radical (unpaired) electrons. The summed E-state index contributed by atoms with van der Waals surface area (Å²) in [5.74, 6) is 0.868. The smallest absolute Gasteiger partial charge is 0.139 e. The van der Waals surface area contributed by atoms with Gasteiger partial charge < -0.3 is 0 Å². The van der Waals surface area contributed by atoms with E-state index < -0.39 is 0 Å². The van der Waals surface area contributed by atoms with Gasteiger partial charge in [-0.3, -0.25) is 0 Å². The highest BCUT2D eigenvalue weighted by Gasteiger charge is 2.29. The lowest BCUT2D eigenvalue weighted by Crippen LogP contribution is -2.27. The normalized spacial score (nSPS) is 22.2. The second kappa shape index (κ2) is 5.99. The summed E-state index contributed by atoms with van der Waals surface area (Å²) in [6.45, 7) is 1.95. The molecule has 1 fully saturated rings. The van der Waals surface area contributed by atoms with Crippen LogP contribution in [0.4, 0.5) is 0 Å². The van der Waals surface area contributed by atoms with E-state index in [0.29, 0.717) is 0 Å². The number of aryl methyl sites for hydroxylation is 1. The number of aromatic nitrogens is 2. The van der Waals surface area contributed by atoms with Crippen molar-refractivity contribution in [2.24, 2.45) is 0 Å². The number of hydrogen-bond acceptors (Lipinski definition) is 3. The molecule has 0 saturated heterocycles. The molecule has 1 aromatic heterocycles. The minimum absolute atomic E-state index is 0.205. The SMILES string of the molecule is [B]C1(c2nc(C)ns2)CCCCCCCCC1. The molecule has 1 aliphatic rings. The molecular formula is C13H21BN2S. The largest absolute Gasteiger partial charge is 0.225 e. The first-order chi connectivity index (χ1) is 8.21. The monoisotopic (exact) mass is 248 g/mol. The topological polar surface area (TPSA) is 25.8 Å². The van der Waals surface area contributed by atoms with Gasteiger partial charge in [0.1, 0.15) is 10.8 Å². The molecule has 0 bridgehead atoms. The molecule has 0 aliphatic heterocycles. The predicted octanol–water partition coefficient (Wildman–Crippen LogP) is 3.73. The lowest BCUT2D eigenvalue weighted by atomic mass is 9.63. The summed E-state index contributed by atoms with van der Waals surface area (Å²) in [4.78, 5) is 4.51. The van der Waals surface area contributed by atoms with E-state index in [2.05, 4.69) is 9.36 Å². The van der Waals surface area contributed by atoms with E-state index in [1.807, 2.05) is 6.92 Å². The van der Waals surface area contributed by atoms with Crippen LogP contribution in [0.25, 0.3) is 0 Å². The standard InChI is InChI=1S/C13H21BN2S/c1-11-15-12(17-16-11)13(14)9-7-5-3-2-4-6-8-10-13/h2-10H2,1H3. The minimum Gasteiger partial charge on any atom is -0.225 e. The average molecular weight is 248 g/mol. The van der Waals surface area contributed by atoms with Gasteiger partial charge in [-0.25, -0.2) is 4.98 Å². The van der Waals surface area contributed by atoms with E-state index in [1.165, 1.54) is 56.5 Å². The predicted molar refractivity (Wildman–Crippen MR) is 73.6 cm³/mol. The molecule has 1 saturated carbocycles. The first-order valence-corrected chi connectivity index (χ1v) is 7.58. The van der Waals surface area contributed by atoms with Crippen molar-refractivity contribution in [3.63, 3.8) is 0 Å². The van der Waals surface area contributed by atoms with Crippen molar-refractivity contribution in [3.05, 3.63) is 10.8 Å². The fourth-order valence-corrected chi connectivity index (χ4v) is 3.42. The van der Waals surface area contributed by atoms with E-state index >= 15 is 0 Å². The zero-order valence-corrected chi connectivity index (χ0v) is 11.6. The molecule has 1 aliphatic carbocycles. The minimum atomic E-state index is -0.205. The van der Waals surface area contributed by atoms with Gasteiger partial charge in [0, 0.05) is 0 Å². The van der Waals surface area contributed by atoms with Crippen LogP contribution < -0.4 is 0 Å². The molecular weight excluding hydrogens is 227 g/mol. The van der Waals surface area contributed by atoms with Gasteiger partial charge in [0.2, 0.25) is 0 Å². The molecule has 2 rings (SSSR count). The van der Waals surface area contributed by atoms with Crippen molar-refractivity contribution in [1.29, 1.82) is 0 Å². The van der Waals surface area contributed by atoms with Crippen molar-refractivity contribution < 1.29 is 0 Å². The Labute approximate surface area is 110 Å². The second-order valence-corrected chi connectivity index (χ2v) is 6.03. The van der Waals surface area contributed by atoms with Crippen molar-refractivity contribution in [1.82, 2.24) is 9.36 Å². The zero-order chi connectivity index (χ0) is 12.1. The van der Waals surface area contributed by atoms with Crippen LogP contribution in [0, 0.1) is 6.92 Å². The summed E-state index contributed by atoms with van der Waals surface area (Å²) in [7, 11) is 6.59. The Hall–Kier alpha value is -0.375. The Balaban J connectivity index is 2.07. The summed E-state index contributed by atoms with van der Waals surface area (Å²) >= 11 is 1.50.